The second kappa shape index (κ2) is 13.9. The fourth-order valence-electron chi connectivity index (χ4n) is 5.26. The molecule has 2 bridgehead atoms. The van der Waals surface area contributed by atoms with E-state index in [-0.39, 0.29) is 17.9 Å². The van der Waals surface area contributed by atoms with Gasteiger partial charge in [0, 0.05) is 25.6 Å². The molecule has 1 saturated carbocycles. The molecule has 3 atom stereocenters. The molecule has 1 aliphatic carbocycles. The number of amides is 2. The Morgan fingerprint density at radius 3 is 2.64 bits per heavy atom. The molecule has 0 unspecified atom stereocenters. The lowest BCUT2D eigenvalue weighted by Crippen LogP contribution is -2.55. The van der Waals surface area contributed by atoms with E-state index in [9.17, 15) is 14.7 Å². The van der Waals surface area contributed by atoms with Crippen LogP contribution in [0.5, 0.6) is 5.75 Å². The van der Waals surface area contributed by atoms with Gasteiger partial charge >= 0.3 is 0 Å². The monoisotopic (exact) mass is 535 g/mol. The molecule has 39 heavy (non-hydrogen) atoms. The van der Waals surface area contributed by atoms with Crippen molar-refractivity contribution in [1.29, 1.82) is 0 Å². The maximum atomic E-state index is 13.5. The van der Waals surface area contributed by atoms with Crippen LogP contribution in [-0.4, -0.2) is 59.2 Å². The minimum atomic E-state index is -0.817. The van der Waals surface area contributed by atoms with Gasteiger partial charge in [0.25, 0.3) is 0 Å². The van der Waals surface area contributed by atoms with Crippen LogP contribution in [-0.2, 0) is 22.6 Å². The van der Waals surface area contributed by atoms with Gasteiger partial charge in [-0.05, 0) is 80.2 Å². The van der Waals surface area contributed by atoms with Crippen LogP contribution >= 0.6 is 0 Å². The molecule has 0 spiro atoms. The summed E-state index contributed by atoms with van der Waals surface area (Å²) in [5.74, 6) is 1.06. The number of aliphatic hydroxyl groups excluding tert-OH is 1. The highest BCUT2D eigenvalue weighted by Crippen LogP contribution is 2.30. The lowest BCUT2D eigenvalue weighted by molar-refractivity contribution is -0.141. The highest BCUT2D eigenvalue weighted by molar-refractivity contribution is 5.88. The number of fused-ring (bicyclic) bond motifs is 2. The van der Waals surface area contributed by atoms with Gasteiger partial charge in [0.2, 0.25) is 11.8 Å². The van der Waals surface area contributed by atoms with Gasteiger partial charge in [-0.3, -0.25) is 9.59 Å². The Morgan fingerprint density at radius 2 is 1.87 bits per heavy atom. The first kappa shape index (κ1) is 29.1. The fourth-order valence-corrected chi connectivity index (χ4v) is 5.26. The van der Waals surface area contributed by atoms with Crippen molar-refractivity contribution in [2.75, 3.05) is 13.2 Å². The van der Waals surface area contributed by atoms with Crippen LogP contribution in [0.25, 0.3) is 0 Å². The second-order valence-corrected chi connectivity index (χ2v) is 11.4. The minimum absolute atomic E-state index is 0.0424. The summed E-state index contributed by atoms with van der Waals surface area (Å²) in [5.41, 5.74) is 3.43. The largest absolute Gasteiger partial charge is 0.494 e. The lowest BCUT2D eigenvalue weighted by atomic mass is 9.99. The van der Waals surface area contributed by atoms with Gasteiger partial charge in [0.05, 0.1) is 18.8 Å². The fraction of sp³-hybridized carbons (Fsp3) is 0.562. The first-order chi connectivity index (χ1) is 18.8. The molecule has 1 aliphatic heterocycles. The molecule has 0 radical (unpaired) electrons. The van der Waals surface area contributed by atoms with Crippen LogP contribution in [0.3, 0.4) is 0 Å². The van der Waals surface area contributed by atoms with Crippen molar-refractivity contribution in [3.63, 3.8) is 0 Å². The van der Waals surface area contributed by atoms with Crippen molar-refractivity contribution in [3.05, 3.63) is 65.2 Å². The number of rotatable bonds is 7. The second-order valence-electron chi connectivity index (χ2n) is 11.4. The third kappa shape index (κ3) is 8.54. The van der Waals surface area contributed by atoms with Crippen LogP contribution in [0.4, 0.5) is 0 Å². The van der Waals surface area contributed by atoms with E-state index in [4.69, 9.17) is 4.74 Å². The summed E-state index contributed by atoms with van der Waals surface area (Å²) in [6, 6.07) is 15.4. The standard InChI is InChI=1S/C32H45N3O4/c1-22(2)26-11-7-10-25(17-26)20-33-21-30(36)29-19-24-9-8-12-28(18-24)39-16-6-4-5-13-31(37)35(27-14-15-27)23(3)32(38)34-29/h7-12,17-18,22-23,27,29-30,33,36H,4-6,13-16,19-21H2,1-3H3,(H,34,38)/t23-,29-,30+/m0/s1. The maximum absolute atomic E-state index is 13.5. The van der Waals surface area contributed by atoms with E-state index in [2.05, 4.69) is 48.7 Å². The average Bonchev–Trinajstić information content (AvgIpc) is 3.75. The summed E-state index contributed by atoms with van der Waals surface area (Å²) in [7, 11) is 0. The zero-order valence-corrected chi connectivity index (χ0v) is 23.7. The molecule has 2 amide bonds. The summed E-state index contributed by atoms with van der Waals surface area (Å²) in [6.07, 6.45) is 4.54. The summed E-state index contributed by atoms with van der Waals surface area (Å²) in [4.78, 5) is 28.3. The molecule has 212 valence electrons. The quantitative estimate of drug-likeness (QED) is 0.491. The van der Waals surface area contributed by atoms with E-state index in [1.807, 2.05) is 31.2 Å². The van der Waals surface area contributed by atoms with E-state index in [1.165, 1.54) is 5.56 Å². The van der Waals surface area contributed by atoms with Gasteiger partial charge in [-0.1, -0.05) is 50.2 Å². The van der Waals surface area contributed by atoms with E-state index in [0.29, 0.717) is 38.5 Å². The first-order valence-corrected chi connectivity index (χ1v) is 14.6. The topological polar surface area (TPSA) is 90.9 Å². The number of hydrogen-bond donors (Lipinski definition) is 3. The average molecular weight is 536 g/mol. The van der Waals surface area contributed by atoms with Crippen molar-refractivity contribution >= 4 is 11.8 Å². The van der Waals surface area contributed by atoms with Crippen LogP contribution in [0, 0.1) is 0 Å². The SMILES string of the molecule is CC(C)c1cccc(CNC[C@@H](O)[C@@H]2Cc3cccc(c3)OCCCCCC(=O)N(C3CC3)[C@@H](C)C(=O)N2)c1. The Bertz CT molecular complexity index is 1100. The van der Waals surface area contributed by atoms with Gasteiger partial charge in [-0.25, -0.2) is 0 Å². The molecule has 3 N–H and O–H groups in total. The number of nitrogens with one attached hydrogen (secondary N) is 2. The number of carbonyl (C=O) groups is 2. The molecular formula is C32H45N3O4. The molecule has 1 heterocycles. The third-order valence-corrected chi connectivity index (χ3v) is 7.78. The predicted molar refractivity (Wildman–Crippen MR) is 154 cm³/mol. The number of nitrogens with zero attached hydrogens (tertiary/aromatic N) is 1. The van der Waals surface area contributed by atoms with Gasteiger partial charge < -0.3 is 25.4 Å². The lowest BCUT2D eigenvalue weighted by Gasteiger charge is -2.32. The molecule has 0 saturated heterocycles. The van der Waals surface area contributed by atoms with E-state index < -0.39 is 18.2 Å². The molecule has 0 aromatic heterocycles. The van der Waals surface area contributed by atoms with Gasteiger partial charge in [0.15, 0.2) is 0 Å². The van der Waals surface area contributed by atoms with E-state index in [1.54, 1.807) is 4.90 Å². The molecular weight excluding hydrogens is 490 g/mol. The van der Waals surface area contributed by atoms with Crippen LogP contribution in [0.15, 0.2) is 48.5 Å². The summed E-state index contributed by atoms with van der Waals surface area (Å²) in [6.45, 7) is 7.72. The Kier molecular flexibility index (Phi) is 10.4. The number of aliphatic hydroxyl groups is 1. The summed E-state index contributed by atoms with van der Waals surface area (Å²) >= 11 is 0. The van der Waals surface area contributed by atoms with E-state index >= 15 is 0 Å². The van der Waals surface area contributed by atoms with Gasteiger partial charge in [-0.2, -0.15) is 0 Å². The minimum Gasteiger partial charge on any atom is -0.494 e. The van der Waals surface area contributed by atoms with Crippen molar-refractivity contribution in [3.8, 4) is 5.75 Å². The molecule has 1 fully saturated rings. The summed E-state index contributed by atoms with van der Waals surface area (Å²) in [5, 5.41) is 17.7. The van der Waals surface area contributed by atoms with Crippen LogP contribution < -0.4 is 15.4 Å². The van der Waals surface area contributed by atoms with Crippen molar-refractivity contribution in [1.82, 2.24) is 15.5 Å². The Balaban J connectivity index is 1.48. The zero-order chi connectivity index (χ0) is 27.8. The first-order valence-electron chi connectivity index (χ1n) is 14.6. The zero-order valence-electron chi connectivity index (χ0n) is 23.7. The Hall–Kier alpha value is -2.90. The molecule has 2 aromatic carbocycles. The Labute approximate surface area is 233 Å². The molecule has 2 aromatic rings. The number of carbonyl (C=O) groups excluding carboxylic acids is 2. The van der Waals surface area contributed by atoms with Crippen molar-refractivity contribution in [2.45, 2.75) is 102 Å². The molecule has 2 aliphatic rings. The maximum Gasteiger partial charge on any atom is 0.242 e. The molecule has 4 rings (SSSR count). The van der Waals surface area contributed by atoms with Crippen LogP contribution in [0.1, 0.15) is 81.9 Å². The van der Waals surface area contributed by atoms with Crippen molar-refractivity contribution < 1.29 is 19.4 Å². The Morgan fingerprint density at radius 1 is 1.08 bits per heavy atom. The predicted octanol–water partition coefficient (Wildman–Crippen LogP) is 4.32. The van der Waals surface area contributed by atoms with Crippen LogP contribution in [0.2, 0.25) is 0 Å². The summed E-state index contributed by atoms with van der Waals surface area (Å²) < 4.78 is 5.96. The van der Waals surface area contributed by atoms with E-state index in [0.717, 1.165) is 49.0 Å². The van der Waals surface area contributed by atoms with Crippen molar-refractivity contribution in [2.24, 2.45) is 0 Å². The highest BCUT2D eigenvalue weighted by Gasteiger charge is 2.38. The number of hydrogen-bond acceptors (Lipinski definition) is 5. The normalized spacial score (nSPS) is 22.3. The molecule has 7 nitrogen and oxygen atoms in total. The molecule has 7 heteroatoms. The highest BCUT2D eigenvalue weighted by atomic mass is 16.5. The number of benzene rings is 2. The number of ether oxygens (including phenoxy) is 1. The smallest absolute Gasteiger partial charge is 0.242 e. The van der Waals surface area contributed by atoms with Gasteiger partial charge in [0.1, 0.15) is 11.8 Å². The third-order valence-electron chi connectivity index (χ3n) is 7.78. The van der Waals surface area contributed by atoms with Gasteiger partial charge in [-0.15, -0.1) is 0 Å².